The number of carbonyl (C=O) groups excluding carboxylic acids is 2. The molecular formula is C52H52F2N6O4. The topological polar surface area (TPSA) is 94.7 Å². The lowest BCUT2D eigenvalue weighted by molar-refractivity contribution is -0.131. The molecule has 328 valence electrons. The summed E-state index contributed by atoms with van der Waals surface area (Å²) in [6.07, 6.45) is 17.8. The smallest absolute Gasteiger partial charge is 0.250 e. The molecular weight excluding hydrogens is 811 g/mol. The molecule has 12 heteroatoms. The van der Waals surface area contributed by atoms with Crippen LogP contribution < -0.4 is 9.47 Å². The van der Waals surface area contributed by atoms with E-state index in [1.54, 1.807) is 39.0 Å². The molecule has 4 heterocycles. The zero-order valence-corrected chi connectivity index (χ0v) is 36.7. The maximum absolute atomic E-state index is 13.6. The molecule has 0 saturated carbocycles. The average Bonchev–Trinajstić information content (AvgIpc) is 4.12. The van der Waals surface area contributed by atoms with Crippen LogP contribution in [-0.2, 0) is 35.3 Å². The first-order chi connectivity index (χ1) is 31.0. The number of halogens is 2. The number of amides is 2. The van der Waals surface area contributed by atoms with Crippen LogP contribution in [0.4, 0.5) is 8.78 Å². The first kappa shape index (κ1) is 42.5. The lowest BCUT2D eigenvalue weighted by Crippen LogP contribution is -2.44. The second kappa shape index (κ2) is 18.1. The molecule has 2 fully saturated rings. The molecule has 2 saturated heterocycles. The van der Waals surface area contributed by atoms with Crippen LogP contribution >= 0.6 is 0 Å². The lowest BCUT2D eigenvalue weighted by atomic mass is 9.98. The second-order valence-corrected chi connectivity index (χ2v) is 17.2. The van der Waals surface area contributed by atoms with Gasteiger partial charge in [0.15, 0.2) is 0 Å². The summed E-state index contributed by atoms with van der Waals surface area (Å²) in [7, 11) is 3.29. The van der Waals surface area contributed by atoms with E-state index in [0.717, 1.165) is 143 Å². The van der Waals surface area contributed by atoms with Crippen LogP contribution in [0.1, 0.15) is 70.5 Å². The van der Waals surface area contributed by atoms with Gasteiger partial charge in [-0.25, -0.2) is 18.7 Å². The molecule has 2 aliphatic carbocycles. The van der Waals surface area contributed by atoms with Crippen LogP contribution in [-0.4, -0.2) is 80.1 Å². The van der Waals surface area contributed by atoms with E-state index < -0.39 is 0 Å². The van der Waals surface area contributed by atoms with Gasteiger partial charge in [-0.15, -0.1) is 0 Å². The van der Waals surface area contributed by atoms with Gasteiger partial charge < -0.3 is 28.4 Å². The van der Waals surface area contributed by atoms with E-state index in [1.807, 2.05) is 106 Å². The number of nitrogens with zero attached hydrogens (tertiary/aromatic N) is 6. The largest absolute Gasteiger partial charge is 0.495 e. The van der Waals surface area contributed by atoms with Crippen LogP contribution in [0.5, 0.6) is 11.5 Å². The van der Waals surface area contributed by atoms with Crippen molar-refractivity contribution in [2.75, 3.05) is 27.3 Å². The van der Waals surface area contributed by atoms with Crippen molar-refractivity contribution in [3.05, 3.63) is 165 Å². The Hall–Kier alpha value is -6.82. The van der Waals surface area contributed by atoms with Gasteiger partial charge in [-0.05, 0) is 159 Å². The molecule has 10 rings (SSSR count). The fraction of sp³-hybridized carbons (Fsp3) is 0.308. The third-order valence-corrected chi connectivity index (χ3v) is 12.9. The lowest BCUT2D eigenvalue weighted by Gasteiger charge is -2.33. The Labute approximate surface area is 372 Å². The van der Waals surface area contributed by atoms with Gasteiger partial charge >= 0.3 is 0 Å². The van der Waals surface area contributed by atoms with Gasteiger partial charge in [-0.2, -0.15) is 0 Å². The molecule has 0 N–H and O–H groups in total. The summed E-state index contributed by atoms with van der Waals surface area (Å²) in [5.74, 6) is 1.21. The maximum Gasteiger partial charge on any atom is 0.250 e. The number of benzene rings is 4. The highest BCUT2D eigenvalue weighted by Crippen LogP contribution is 2.34. The van der Waals surface area contributed by atoms with Gasteiger partial charge in [0.25, 0.3) is 0 Å². The van der Waals surface area contributed by atoms with Crippen molar-refractivity contribution >= 4 is 24.0 Å². The quantitative estimate of drug-likeness (QED) is 0.142. The summed E-state index contributed by atoms with van der Waals surface area (Å²) >= 11 is 0. The van der Waals surface area contributed by atoms with Crippen LogP contribution in [0.2, 0.25) is 0 Å². The molecule has 0 bridgehead atoms. The van der Waals surface area contributed by atoms with Gasteiger partial charge in [-0.3, -0.25) is 9.59 Å². The highest BCUT2D eigenvalue weighted by atomic mass is 19.1. The zero-order valence-electron chi connectivity index (χ0n) is 36.7. The van der Waals surface area contributed by atoms with Gasteiger partial charge in [0.2, 0.25) is 11.8 Å². The van der Waals surface area contributed by atoms with Gasteiger partial charge in [0, 0.05) is 48.7 Å². The van der Waals surface area contributed by atoms with E-state index in [4.69, 9.17) is 9.47 Å². The van der Waals surface area contributed by atoms with E-state index in [-0.39, 0.29) is 35.5 Å². The number of hydrogen-bond acceptors (Lipinski definition) is 6. The number of aromatic nitrogens is 4. The standard InChI is InChI=1S/2C26H26FN3O2/c2*1-17-15-29(16-28-17)24-8-5-18(11-25(24)32-2)10-20-4-3-9-30(26(20)31)23-13-19-6-7-22(27)12-21(19)14-23/h2*5-8,10-12,15-16,23H,3-4,9,13-14H2,1-2H3/b2*20-10+/t2*23-/m10/s1. The molecule has 0 spiro atoms. The summed E-state index contributed by atoms with van der Waals surface area (Å²) < 4.78 is 42.3. The fourth-order valence-corrected chi connectivity index (χ4v) is 9.70. The molecule has 4 aromatic carbocycles. The zero-order chi connectivity index (χ0) is 44.5. The van der Waals surface area contributed by atoms with Crippen molar-refractivity contribution in [2.45, 2.75) is 77.3 Å². The van der Waals surface area contributed by atoms with Gasteiger partial charge in [0.05, 0.1) is 49.6 Å². The predicted octanol–water partition coefficient (Wildman–Crippen LogP) is 9.00. The molecule has 2 atom stereocenters. The Bertz CT molecular complexity index is 2620. The number of ether oxygens (including phenoxy) is 2. The van der Waals surface area contributed by atoms with Crippen molar-refractivity contribution in [1.82, 2.24) is 28.9 Å². The average molecular weight is 863 g/mol. The Morgan fingerprint density at radius 1 is 0.578 bits per heavy atom. The number of likely N-dealkylation sites (tertiary alicyclic amines) is 2. The summed E-state index contributed by atoms with van der Waals surface area (Å²) in [5.41, 5.74) is 11.5. The normalized spacial score (nSPS) is 19.5. The van der Waals surface area contributed by atoms with Crippen molar-refractivity contribution < 1.29 is 27.8 Å². The number of rotatable bonds is 8. The number of methoxy groups -OCH3 is 2. The maximum atomic E-state index is 13.6. The molecule has 4 aliphatic rings. The van der Waals surface area contributed by atoms with Crippen molar-refractivity contribution in [3.8, 4) is 22.9 Å². The van der Waals surface area contributed by atoms with Gasteiger partial charge in [-0.1, -0.05) is 24.3 Å². The second-order valence-electron chi connectivity index (χ2n) is 17.2. The number of carbonyl (C=O) groups is 2. The number of fused-ring (bicyclic) bond motifs is 2. The van der Waals surface area contributed by atoms with Gasteiger partial charge in [0.1, 0.15) is 23.1 Å². The monoisotopic (exact) mass is 862 g/mol. The Kier molecular flexibility index (Phi) is 12.0. The summed E-state index contributed by atoms with van der Waals surface area (Å²) in [4.78, 5) is 39.2. The summed E-state index contributed by atoms with van der Waals surface area (Å²) in [6, 6.07) is 22.0. The SMILES string of the molecule is COc1cc(/C=C2\CCCN([C@@H]3Cc4ccc(F)cc4C3)C2=O)ccc1-n1cnc(C)c1.COc1cc(/C=C2\CCCN([C@H]3Cc4ccc(F)cc4C3)C2=O)ccc1-n1cnc(C)c1. The van der Waals surface area contributed by atoms with E-state index in [0.29, 0.717) is 0 Å². The van der Waals surface area contributed by atoms with Crippen LogP contribution in [0.25, 0.3) is 23.5 Å². The molecule has 6 aromatic rings. The summed E-state index contributed by atoms with van der Waals surface area (Å²) in [5, 5.41) is 0. The Morgan fingerprint density at radius 2 is 1.00 bits per heavy atom. The minimum absolute atomic E-state index is 0.0859. The van der Waals surface area contributed by atoms with E-state index in [1.165, 1.54) is 12.1 Å². The molecule has 10 nitrogen and oxygen atoms in total. The number of piperidine rings is 2. The summed E-state index contributed by atoms with van der Waals surface area (Å²) in [6.45, 7) is 5.39. The number of hydrogen-bond donors (Lipinski definition) is 0. The fourth-order valence-electron chi connectivity index (χ4n) is 9.70. The predicted molar refractivity (Wildman–Crippen MR) is 243 cm³/mol. The molecule has 64 heavy (non-hydrogen) atoms. The van der Waals surface area contributed by atoms with Crippen molar-refractivity contribution in [3.63, 3.8) is 0 Å². The van der Waals surface area contributed by atoms with Crippen molar-refractivity contribution in [2.24, 2.45) is 0 Å². The number of aryl methyl sites for hydroxylation is 2. The Morgan fingerprint density at radius 3 is 1.39 bits per heavy atom. The molecule has 2 aliphatic heterocycles. The van der Waals surface area contributed by atoms with Crippen LogP contribution in [0.15, 0.2) is 109 Å². The Balaban J connectivity index is 0.000000162. The first-order valence-electron chi connectivity index (χ1n) is 22.0. The molecule has 0 unspecified atom stereocenters. The third kappa shape index (κ3) is 8.86. The third-order valence-electron chi connectivity index (χ3n) is 12.9. The molecule has 2 aromatic heterocycles. The van der Waals surface area contributed by atoms with E-state index in [9.17, 15) is 18.4 Å². The number of imidazole rings is 2. The highest BCUT2D eigenvalue weighted by Gasteiger charge is 2.35. The minimum Gasteiger partial charge on any atom is -0.495 e. The molecule has 0 radical (unpaired) electrons. The van der Waals surface area contributed by atoms with E-state index in [2.05, 4.69) is 9.97 Å². The molecule has 2 amide bonds. The highest BCUT2D eigenvalue weighted by molar-refractivity contribution is 5.99. The first-order valence-corrected chi connectivity index (χ1v) is 22.0. The van der Waals surface area contributed by atoms with Crippen LogP contribution in [0.3, 0.4) is 0 Å². The van der Waals surface area contributed by atoms with Crippen LogP contribution in [0, 0.1) is 25.5 Å². The van der Waals surface area contributed by atoms with E-state index >= 15 is 0 Å². The minimum atomic E-state index is -0.210. The van der Waals surface area contributed by atoms with Crippen molar-refractivity contribution in [1.29, 1.82) is 0 Å².